The summed E-state index contributed by atoms with van der Waals surface area (Å²) < 4.78 is 5.93. The van der Waals surface area contributed by atoms with E-state index in [4.69, 9.17) is 4.74 Å². The number of carbonyl (C=O) groups excluding carboxylic acids is 1. The summed E-state index contributed by atoms with van der Waals surface area (Å²) in [7, 11) is 0. The molecule has 3 fully saturated rings. The van der Waals surface area contributed by atoms with Crippen molar-refractivity contribution in [3.63, 3.8) is 0 Å². The van der Waals surface area contributed by atoms with Crippen molar-refractivity contribution in [2.45, 2.75) is 91.9 Å². The van der Waals surface area contributed by atoms with E-state index in [1.54, 1.807) is 0 Å². The van der Waals surface area contributed by atoms with Crippen molar-refractivity contribution in [3.8, 4) is 0 Å². The molecule has 2 saturated heterocycles. The minimum absolute atomic E-state index is 0.161. The molecule has 0 aromatic carbocycles. The zero-order valence-corrected chi connectivity index (χ0v) is 16.5. The summed E-state index contributed by atoms with van der Waals surface area (Å²) in [6, 6.07) is 0.455. The first-order valence-electron chi connectivity index (χ1n) is 10.2. The fourth-order valence-electron chi connectivity index (χ4n) is 5.45. The highest BCUT2D eigenvalue weighted by Crippen LogP contribution is 2.56. The first-order chi connectivity index (χ1) is 11.2. The van der Waals surface area contributed by atoms with Crippen molar-refractivity contribution >= 4 is 5.91 Å². The van der Waals surface area contributed by atoms with Gasteiger partial charge in [-0.2, -0.15) is 0 Å². The topological polar surface area (TPSA) is 29.5 Å². The van der Waals surface area contributed by atoms with Crippen molar-refractivity contribution in [3.05, 3.63) is 0 Å². The average Bonchev–Trinajstić information content (AvgIpc) is 3.07. The quantitative estimate of drug-likeness (QED) is 0.757. The Morgan fingerprint density at radius 3 is 2.12 bits per heavy atom. The van der Waals surface area contributed by atoms with Crippen LogP contribution in [0, 0.1) is 29.1 Å². The van der Waals surface area contributed by atoms with Gasteiger partial charge in [-0.05, 0) is 69.1 Å². The summed E-state index contributed by atoms with van der Waals surface area (Å²) in [4.78, 5) is 15.9. The van der Waals surface area contributed by atoms with Crippen LogP contribution in [0.4, 0.5) is 0 Å². The van der Waals surface area contributed by atoms with E-state index in [1.165, 1.54) is 19.3 Å². The second kappa shape index (κ2) is 6.63. The van der Waals surface area contributed by atoms with Gasteiger partial charge in [-0.3, -0.25) is 4.79 Å². The molecule has 2 heterocycles. The molecule has 138 valence electrons. The molecule has 3 unspecified atom stereocenters. The van der Waals surface area contributed by atoms with Crippen LogP contribution in [0.2, 0.25) is 0 Å². The lowest BCUT2D eigenvalue weighted by molar-refractivity contribution is -0.145. The molecule has 3 nitrogen and oxygen atoms in total. The van der Waals surface area contributed by atoms with Gasteiger partial charge in [0.2, 0.25) is 5.91 Å². The van der Waals surface area contributed by atoms with Gasteiger partial charge in [0.15, 0.2) is 0 Å². The molecule has 3 aliphatic rings. The molecule has 0 bridgehead atoms. The monoisotopic (exact) mass is 335 g/mol. The predicted octanol–water partition coefficient (Wildman–Crippen LogP) is 4.50. The number of ether oxygens (including phenoxy) is 1. The van der Waals surface area contributed by atoms with Crippen LogP contribution >= 0.6 is 0 Å². The van der Waals surface area contributed by atoms with Gasteiger partial charge in [-0.25, -0.2) is 0 Å². The molecule has 1 amide bonds. The van der Waals surface area contributed by atoms with E-state index in [1.807, 2.05) is 0 Å². The summed E-state index contributed by atoms with van der Waals surface area (Å²) in [5, 5.41) is 0. The van der Waals surface area contributed by atoms with E-state index < -0.39 is 0 Å². The minimum atomic E-state index is 0.161. The van der Waals surface area contributed by atoms with Crippen LogP contribution in [-0.4, -0.2) is 35.6 Å². The highest BCUT2D eigenvalue weighted by atomic mass is 16.5. The van der Waals surface area contributed by atoms with Gasteiger partial charge in [0, 0.05) is 18.5 Å². The lowest BCUT2D eigenvalue weighted by atomic mass is 9.75. The number of hydrogen-bond acceptors (Lipinski definition) is 2. The van der Waals surface area contributed by atoms with Crippen molar-refractivity contribution in [2.75, 3.05) is 6.54 Å². The zero-order chi connectivity index (χ0) is 17.6. The normalized spacial score (nSPS) is 36.6. The number of rotatable bonds is 4. The molecule has 4 atom stereocenters. The molecule has 1 aliphatic carbocycles. The zero-order valence-electron chi connectivity index (χ0n) is 16.5. The molecule has 0 aromatic rings. The number of carbonyl (C=O) groups is 1. The van der Waals surface area contributed by atoms with Crippen molar-refractivity contribution in [2.24, 2.45) is 29.1 Å². The van der Waals surface area contributed by atoms with Crippen molar-refractivity contribution in [1.82, 2.24) is 4.90 Å². The summed E-state index contributed by atoms with van der Waals surface area (Å²) in [6.45, 7) is 14.4. The summed E-state index contributed by atoms with van der Waals surface area (Å²) in [5.41, 5.74) is 0.488. The molecule has 0 N–H and O–H groups in total. The molecule has 1 spiro atoms. The maximum absolute atomic E-state index is 13.6. The van der Waals surface area contributed by atoms with Crippen molar-refractivity contribution in [1.29, 1.82) is 0 Å². The van der Waals surface area contributed by atoms with E-state index in [-0.39, 0.29) is 18.1 Å². The maximum atomic E-state index is 13.6. The van der Waals surface area contributed by atoms with E-state index in [9.17, 15) is 4.79 Å². The Labute approximate surface area is 148 Å². The maximum Gasteiger partial charge on any atom is 0.226 e. The molecule has 3 heteroatoms. The Kier molecular flexibility index (Phi) is 5.03. The summed E-state index contributed by atoms with van der Waals surface area (Å²) in [6.07, 6.45) is 6.52. The number of hydrogen-bond donors (Lipinski definition) is 0. The Bertz CT molecular complexity index is 458. The third kappa shape index (κ3) is 3.52. The first-order valence-corrected chi connectivity index (χ1v) is 10.2. The van der Waals surface area contributed by atoms with Gasteiger partial charge in [-0.15, -0.1) is 0 Å². The standard InChI is InChI=1S/C21H37NO2/c1-13(2)18-11-21(7-8-21)12-22(18)20(23)19(14(3)4)17-9-15(5)24-16(6)10-17/h13-19H,7-12H2,1-6H3/t15?,16?,17?,18-,19?/m0/s1. The Morgan fingerprint density at radius 1 is 1.08 bits per heavy atom. The molecule has 0 aromatic heterocycles. The molecular formula is C21H37NO2. The Morgan fingerprint density at radius 2 is 1.67 bits per heavy atom. The largest absolute Gasteiger partial charge is 0.376 e. The Balaban J connectivity index is 1.79. The van der Waals surface area contributed by atoms with Gasteiger partial charge < -0.3 is 9.64 Å². The van der Waals surface area contributed by atoms with E-state index in [0.717, 1.165) is 19.4 Å². The SMILES string of the molecule is CC1CC(C(C(=O)N2CC3(CC3)C[C@H]2C(C)C)C(C)C)CC(C)O1. The molecule has 1 saturated carbocycles. The van der Waals surface area contributed by atoms with Gasteiger partial charge in [0.25, 0.3) is 0 Å². The lowest BCUT2D eigenvalue weighted by Gasteiger charge is -2.40. The van der Waals surface area contributed by atoms with E-state index >= 15 is 0 Å². The van der Waals surface area contributed by atoms with Crippen LogP contribution in [0.15, 0.2) is 0 Å². The summed E-state index contributed by atoms with van der Waals surface area (Å²) >= 11 is 0. The second-order valence-corrected chi connectivity index (χ2v) is 9.74. The van der Waals surface area contributed by atoms with Crippen LogP contribution in [0.5, 0.6) is 0 Å². The van der Waals surface area contributed by atoms with E-state index in [0.29, 0.717) is 35.1 Å². The van der Waals surface area contributed by atoms with Crippen LogP contribution in [0.25, 0.3) is 0 Å². The molecule has 0 radical (unpaired) electrons. The molecule has 2 aliphatic heterocycles. The number of amides is 1. The van der Waals surface area contributed by atoms with Crippen LogP contribution in [-0.2, 0) is 9.53 Å². The molecular weight excluding hydrogens is 298 g/mol. The third-order valence-electron chi connectivity index (χ3n) is 6.80. The molecule has 24 heavy (non-hydrogen) atoms. The van der Waals surface area contributed by atoms with Gasteiger partial charge in [0.1, 0.15) is 0 Å². The smallest absolute Gasteiger partial charge is 0.226 e. The Hall–Kier alpha value is -0.570. The second-order valence-electron chi connectivity index (χ2n) is 9.74. The highest BCUT2D eigenvalue weighted by molar-refractivity contribution is 5.80. The first kappa shape index (κ1) is 18.2. The van der Waals surface area contributed by atoms with Crippen LogP contribution in [0.1, 0.15) is 73.6 Å². The third-order valence-corrected chi connectivity index (χ3v) is 6.80. The highest BCUT2D eigenvalue weighted by Gasteiger charge is 2.55. The minimum Gasteiger partial charge on any atom is -0.376 e. The lowest BCUT2D eigenvalue weighted by Crippen LogP contribution is -2.47. The van der Waals surface area contributed by atoms with Gasteiger partial charge >= 0.3 is 0 Å². The van der Waals surface area contributed by atoms with Crippen LogP contribution in [0.3, 0.4) is 0 Å². The fourth-order valence-corrected chi connectivity index (χ4v) is 5.45. The average molecular weight is 336 g/mol. The predicted molar refractivity (Wildman–Crippen MR) is 97.7 cm³/mol. The number of likely N-dealkylation sites (tertiary alicyclic amines) is 1. The number of nitrogens with zero attached hydrogens (tertiary/aromatic N) is 1. The van der Waals surface area contributed by atoms with Crippen molar-refractivity contribution < 1.29 is 9.53 Å². The fraction of sp³-hybridized carbons (Fsp3) is 0.952. The van der Waals surface area contributed by atoms with E-state index in [2.05, 4.69) is 46.4 Å². The van der Waals surface area contributed by atoms with Crippen LogP contribution < -0.4 is 0 Å². The van der Waals surface area contributed by atoms with Gasteiger partial charge in [0.05, 0.1) is 12.2 Å². The van der Waals surface area contributed by atoms with Gasteiger partial charge in [-0.1, -0.05) is 27.7 Å². The molecule has 3 rings (SSSR count). The summed E-state index contributed by atoms with van der Waals surface area (Å²) in [5.74, 6) is 2.05.